The molecule has 0 atom stereocenters. The van der Waals surface area contributed by atoms with E-state index in [-0.39, 0.29) is 37.0 Å². The fourth-order valence-corrected chi connectivity index (χ4v) is 2.85. The minimum Gasteiger partial charge on any atom is -0.482 e. The number of hydrogen-bond acceptors (Lipinski definition) is 5. The average molecular weight is 318 g/mol. The second-order valence-electron chi connectivity index (χ2n) is 5.51. The second-order valence-corrected chi connectivity index (χ2v) is 5.51. The number of amides is 4. The number of likely N-dealkylation sites (tertiary alicyclic amines) is 1. The van der Waals surface area contributed by atoms with Crippen molar-refractivity contribution in [2.75, 3.05) is 26.2 Å². The lowest BCUT2D eigenvalue weighted by Crippen LogP contribution is -2.49. The lowest BCUT2D eigenvalue weighted by atomic mass is 10.0. The maximum Gasteiger partial charge on any atom is 0.324 e. The van der Waals surface area contributed by atoms with Crippen LogP contribution in [-0.4, -0.2) is 64.9 Å². The van der Waals surface area contributed by atoms with E-state index < -0.39 is 0 Å². The first-order valence-corrected chi connectivity index (χ1v) is 7.55. The molecule has 8 heteroatoms. The Morgan fingerprint density at radius 1 is 1.35 bits per heavy atom. The summed E-state index contributed by atoms with van der Waals surface area (Å²) in [5, 5.41) is 2.52. The number of rotatable bonds is 4. The lowest BCUT2D eigenvalue weighted by molar-refractivity contribution is -0.135. The van der Waals surface area contributed by atoms with Crippen molar-refractivity contribution >= 4 is 17.8 Å². The first-order chi connectivity index (χ1) is 11.1. The maximum absolute atomic E-state index is 12.1. The number of carbonyl (C=O) groups is 3. The molecule has 1 N–H and O–H groups in total. The van der Waals surface area contributed by atoms with Gasteiger partial charge in [0.1, 0.15) is 5.75 Å². The molecule has 0 spiro atoms. The Labute approximate surface area is 133 Å². The summed E-state index contributed by atoms with van der Waals surface area (Å²) in [5.74, 6) is 0.249. The van der Waals surface area contributed by atoms with E-state index in [4.69, 9.17) is 4.74 Å². The molecule has 2 saturated heterocycles. The van der Waals surface area contributed by atoms with Crippen molar-refractivity contribution in [3.05, 3.63) is 24.5 Å². The SMILES string of the molecule is O=C(COc1cccnc1)N1CCC(N2C(=O)CNC2=O)CC1. The van der Waals surface area contributed by atoms with Crippen LogP contribution < -0.4 is 10.1 Å². The van der Waals surface area contributed by atoms with Crippen molar-refractivity contribution in [1.82, 2.24) is 20.1 Å². The topological polar surface area (TPSA) is 91.8 Å². The quantitative estimate of drug-likeness (QED) is 0.789. The fourth-order valence-electron chi connectivity index (χ4n) is 2.85. The van der Waals surface area contributed by atoms with Crippen LogP contribution in [0.15, 0.2) is 24.5 Å². The second kappa shape index (κ2) is 6.64. The number of nitrogens with zero attached hydrogens (tertiary/aromatic N) is 3. The summed E-state index contributed by atoms with van der Waals surface area (Å²) in [4.78, 5) is 42.4. The van der Waals surface area contributed by atoms with Gasteiger partial charge in [0.05, 0.1) is 12.7 Å². The van der Waals surface area contributed by atoms with E-state index in [0.717, 1.165) is 0 Å². The third-order valence-electron chi connectivity index (χ3n) is 4.06. The van der Waals surface area contributed by atoms with E-state index in [2.05, 4.69) is 10.3 Å². The Hall–Kier alpha value is -2.64. The zero-order valence-corrected chi connectivity index (χ0v) is 12.6. The van der Waals surface area contributed by atoms with Crippen molar-refractivity contribution in [2.24, 2.45) is 0 Å². The third-order valence-corrected chi connectivity index (χ3v) is 4.06. The van der Waals surface area contributed by atoms with Gasteiger partial charge in [0.25, 0.3) is 5.91 Å². The molecular weight excluding hydrogens is 300 g/mol. The highest BCUT2D eigenvalue weighted by Gasteiger charge is 2.37. The molecule has 0 saturated carbocycles. The van der Waals surface area contributed by atoms with Gasteiger partial charge >= 0.3 is 6.03 Å². The van der Waals surface area contributed by atoms with Crippen LogP contribution in [0, 0.1) is 0 Å². The molecule has 8 nitrogen and oxygen atoms in total. The van der Waals surface area contributed by atoms with E-state index in [1.165, 1.54) is 4.90 Å². The molecule has 2 aliphatic heterocycles. The predicted octanol–water partition coefficient (Wildman–Crippen LogP) is 0.00320. The maximum atomic E-state index is 12.1. The van der Waals surface area contributed by atoms with E-state index in [1.807, 2.05) is 0 Å². The minimum atomic E-state index is -0.334. The fraction of sp³-hybridized carbons (Fsp3) is 0.467. The van der Waals surface area contributed by atoms with Crippen molar-refractivity contribution in [1.29, 1.82) is 0 Å². The van der Waals surface area contributed by atoms with Crippen LogP contribution in [0.4, 0.5) is 4.79 Å². The molecule has 0 unspecified atom stereocenters. The van der Waals surface area contributed by atoms with Crippen molar-refractivity contribution in [3.63, 3.8) is 0 Å². The van der Waals surface area contributed by atoms with Crippen LogP contribution in [0.25, 0.3) is 0 Å². The minimum absolute atomic E-state index is 0.0422. The zero-order valence-electron chi connectivity index (χ0n) is 12.6. The molecule has 122 valence electrons. The van der Waals surface area contributed by atoms with Crippen molar-refractivity contribution < 1.29 is 19.1 Å². The normalized spacial score (nSPS) is 19.0. The van der Waals surface area contributed by atoms with Gasteiger partial charge in [-0.3, -0.25) is 19.5 Å². The monoisotopic (exact) mass is 318 g/mol. The van der Waals surface area contributed by atoms with E-state index in [1.54, 1.807) is 29.4 Å². The Morgan fingerprint density at radius 2 is 2.13 bits per heavy atom. The number of nitrogens with one attached hydrogen (secondary N) is 1. The van der Waals surface area contributed by atoms with Crippen LogP contribution in [0.2, 0.25) is 0 Å². The highest BCUT2D eigenvalue weighted by molar-refractivity contribution is 6.02. The Balaban J connectivity index is 1.48. The first kappa shape index (κ1) is 15.3. The Morgan fingerprint density at radius 3 is 2.74 bits per heavy atom. The first-order valence-electron chi connectivity index (χ1n) is 7.55. The molecular formula is C15H18N4O4. The number of aromatic nitrogens is 1. The van der Waals surface area contributed by atoms with Gasteiger partial charge in [0, 0.05) is 25.3 Å². The standard InChI is InChI=1S/C15H18N4O4/c20-13-9-17-15(22)19(13)11-3-6-18(7-4-11)14(21)10-23-12-2-1-5-16-8-12/h1-2,5,8,11H,3-4,6-7,9-10H2,(H,17,22). The smallest absolute Gasteiger partial charge is 0.324 e. The molecule has 3 rings (SSSR count). The van der Waals surface area contributed by atoms with Crippen LogP contribution in [0.5, 0.6) is 5.75 Å². The molecule has 3 heterocycles. The van der Waals surface area contributed by atoms with Gasteiger partial charge in [-0.15, -0.1) is 0 Å². The summed E-state index contributed by atoms with van der Waals surface area (Å²) in [5.41, 5.74) is 0. The summed E-state index contributed by atoms with van der Waals surface area (Å²) in [6.07, 6.45) is 4.38. The highest BCUT2D eigenvalue weighted by atomic mass is 16.5. The highest BCUT2D eigenvalue weighted by Crippen LogP contribution is 2.19. The molecule has 2 fully saturated rings. The van der Waals surface area contributed by atoms with Crippen LogP contribution >= 0.6 is 0 Å². The molecule has 0 aliphatic carbocycles. The van der Waals surface area contributed by atoms with E-state index in [9.17, 15) is 14.4 Å². The number of urea groups is 1. The molecule has 23 heavy (non-hydrogen) atoms. The van der Waals surface area contributed by atoms with Gasteiger partial charge in [-0.25, -0.2) is 4.79 Å². The summed E-state index contributed by atoms with van der Waals surface area (Å²) in [7, 11) is 0. The van der Waals surface area contributed by atoms with Crippen molar-refractivity contribution in [2.45, 2.75) is 18.9 Å². The Bertz CT molecular complexity index is 583. The molecule has 1 aromatic rings. The van der Waals surface area contributed by atoms with Crippen LogP contribution in [-0.2, 0) is 9.59 Å². The predicted molar refractivity (Wildman–Crippen MR) is 79.6 cm³/mol. The average Bonchev–Trinajstić information content (AvgIpc) is 2.92. The number of ether oxygens (including phenoxy) is 1. The van der Waals surface area contributed by atoms with E-state index in [0.29, 0.717) is 31.7 Å². The third kappa shape index (κ3) is 3.41. The van der Waals surface area contributed by atoms with E-state index >= 15 is 0 Å². The largest absolute Gasteiger partial charge is 0.482 e. The van der Waals surface area contributed by atoms with Crippen molar-refractivity contribution in [3.8, 4) is 5.75 Å². The lowest BCUT2D eigenvalue weighted by Gasteiger charge is -2.35. The van der Waals surface area contributed by atoms with Gasteiger partial charge in [0.2, 0.25) is 5.91 Å². The molecule has 0 bridgehead atoms. The number of hydrogen-bond donors (Lipinski definition) is 1. The summed E-state index contributed by atoms with van der Waals surface area (Å²) in [6, 6.07) is 3.01. The molecule has 1 aromatic heterocycles. The summed E-state index contributed by atoms with van der Waals surface area (Å²) < 4.78 is 5.40. The molecule has 2 aliphatic rings. The summed E-state index contributed by atoms with van der Waals surface area (Å²) in [6.45, 7) is 1.05. The van der Waals surface area contributed by atoms with Crippen LogP contribution in [0.3, 0.4) is 0 Å². The Kier molecular flexibility index (Phi) is 4.40. The van der Waals surface area contributed by atoms with Gasteiger partial charge < -0.3 is 15.0 Å². The number of carbonyl (C=O) groups excluding carboxylic acids is 3. The van der Waals surface area contributed by atoms with Gasteiger partial charge in [-0.2, -0.15) is 0 Å². The summed E-state index contributed by atoms with van der Waals surface area (Å²) >= 11 is 0. The number of pyridine rings is 1. The van der Waals surface area contributed by atoms with Gasteiger partial charge in [0.15, 0.2) is 6.61 Å². The molecule has 0 radical (unpaired) electrons. The molecule has 0 aromatic carbocycles. The number of piperidine rings is 1. The van der Waals surface area contributed by atoms with Gasteiger partial charge in [-0.05, 0) is 25.0 Å². The molecule has 4 amide bonds. The zero-order chi connectivity index (χ0) is 16.2. The van der Waals surface area contributed by atoms with Gasteiger partial charge in [-0.1, -0.05) is 0 Å². The van der Waals surface area contributed by atoms with Crippen LogP contribution in [0.1, 0.15) is 12.8 Å². The number of imide groups is 1.